The maximum Gasteiger partial charge on any atom is 0.433 e. The molecule has 0 amide bonds. The smallest absolute Gasteiger partial charge is 0.299 e. The minimum Gasteiger partial charge on any atom is -0.299 e. The number of Topliss-reactive ketones (excluding diaryl/α,β-unsaturated/α-hetero) is 1. The lowest BCUT2D eigenvalue weighted by atomic mass is 9.47. The first-order valence-corrected chi connectivity index (χ1v) is 7.45. The van der Waals surface area contributed by atoms with E-state index < -0.39 is 11.9 Å². The van der Waals surface area contributed by atoms with Crippen molar-refractivity contribution in [2.24, 2.45) is 17.8 Å². The standard InChI is InChI=1S/C16H16F3NO/c17-16(18,19)13-2-1-12(8-20-13)15-5-9-3-10(6-15)14(21)11(4-9)7-15/h1-2,8-11H,3-7H2. The van der Waals surface area contributed by atoms with Crippen LogP contribution in [0.15, 0.2) is 18.3 Å². The molecule has 0 aromatic carbocycles. The molecular weight excluding hydrogens is 279 g/mol. The monoisotopic (exact) mass is 295 g/mol. The number of alkyl halides is 3. The Morgan fingerprint density at radius 2 is 1.76 bits per heavy atom. The third kappa shape index (κ3) is 1.93. The van der Waals surface area contributed by atoms with Gasteiger partial charge in [0, 0.05) is 18.0 Å². The largest absolute Gasteiger partial charge is 0.433 e. The van der Waals surface area contributed by atoms with Crippen LogP contribution in [-0.2, 0) is 16.4 Å². The number of nitrogens with zero attached hydrogens (tertiary/aromatic N) is 1. The van der Waals surface area contributed by atoms with Crippen molar-refractivity contribution in [3.05, 3.63) is 29.6 Å². The Balaban J connectivity index is 1.69. The zero-order chi connectivity index (χ0) is 14.8. The van der Waals surface area contributed by atoms with Gasteiger partial charge in [0.25, 0.3) is 0 Å². The van der Waals surface area contributed by atoms with Gasteiger partial charge in [-0.1, -0.05) is 6.07 Å². The fourth-order valence-electron chi connectivity index (χ4n) is 4.98. The lowest BCUT2D eigenvalue weighted by molar-refractivity contribution is -0.142. The van der Waals surface area contributed by atoms with Gasteiger partial charge < -0.3 is 0 Å². The van der Waals surface area contributed by atoms with Gasteiger partial charge >= 0.3 is 6.18 Å². The van der Waals surface area contributed by atoms with Crippen LogP contribution in [0.25, 0.3) is 0 Å². The average molecular weight is 295 g/mol. The molecule has 0 radical (unpaired) electrons. The maximum absolute atomic E-state index is 12.6. The molecule has 0 spiro atoms. The molecule has 4 aliphatic carbocycles. The Bertz CT molecular complexity index is 575. The van der Waals surface area contributed by atoms with E-state index in [1.165, 1.54) is 6.20 Å². The zero-order valence-electron chi connectivity index (χ0n) is 11.5. The number of halogens is 3. The summed E-state index contributed by atoms with van der Waals surface area (Å²) < 4.78 is 37.9. The maximum atomic E-state index is 12.6. The molecule has 4 aliphatic rings. The van der Waals surface area contributed by atoms with Crippen LogP contribution in [0.1, 0.15) is 43.4 Å². The molecule has 4 bridgehead atoms. The van der Waals surface area contributed by atoms with Gasteiger partial charge in [-0.05, 0) is 55.1 Å². The van der Waals surface area contributed by atoms with Crippen molar-refractivity contribution in [1.82, 2.24) is 4.98 Å². The van der Waals surface area contributed by atoms with Crippen molar-refractivity contribution in [3.8, 4) is 0 Å². The van der Waals surface area contributed by atoms with Crippen molar-refractivity contribution in [1.29, 1.82) is 0 Å². The van der Waals surface area contributed by atoms with E-state index in [1.807, 2.05) is 0 Å². The normalized spacial score (nSPS) is 38.0. The highest BCUT2D eigenvalue weighted by Crippen LogP contribution is 2.59. The number of carbonyl (C=O) groups excluding carboxylic acids is 1. The fraction of sp³-hybridized carbons (Fsp3) is 0.625. The van der Waals surface area contributed by atoms with Gasteiger partial charge in [-0.2, -0.15) is 13.2 Å². The minimum absolute atomic E-state index is 0.110. The Morgan fingerprint density at radius 3 is 2.29 bits per heavy atom. The highest BCUT2D eigenvalue weighted by atomic mass is 19.4. The van der Waals surface area contributed by atoms with Crippen molar-refractivity contribution in [2.75, 3.05) is 0 Å². The molecule has 21 heavy (non-hydrogen) atoms. The second-order valence-electron chi connectivity index (χ2n) is 6.96. The number of hydrogen-bond donors (Lipinski definition) is 0. The molecule has 2 atom stereocenters. The van der Waals surface area contributed by atoms with Crippen LogP contribution in [-0.4, -0.2) is 10.8 Å². The zero-order valence-corrected chi connectivity index (χ0v) is 11.5. The number of aromatic nitrogens is 1. The second kappa shape index (κ2) is 4.08. The number of ketones is 1. The van der Waals surface area contributed by atoms with E-state index in [9.17, 15) is 18.0 Å². The summed E-state index contributed by atoms with van der Waals surface area (Å²) >= 11 is 0. The number of pyridine rings is 1. The molecule has 0 N–H and O–H groups in total. The molecule has 4 fully saturated rings. The number of carbonyl (C=O) groups is 1. The molecule has 5 rings (SSSR count). The van der Waals surface area contributed by atoms with E-state index >= 15 is 0 Å². The highest BCUT2D eigenvalue weighted by Gasteiger charge is 2.55. The Kier molecular flexibility index (Phi) is 2.58. The summed E-state index contributed by atoms with van der Waals surface area (Å²) in [6.07, 6.45) is 1.55. The van der Waals surface area contributed by atoms with E-state index in [1.54, 1.807) is 6.07 Å². The van der Waals surface area contributed by atoms with Gasteiger partial charge in [-0.15, -0.1) is 0 Å². The van der Waals surface area contributed by atoms with Gasteiger partial charge in [-0.25, -0.2) is 0 Å². The molecule has 4 saturated carbocycles. The van der Waals surface area contributed by atoms with E-state index in [0.717, 1.165) is 43.7 Å². The summed E-state index contributed by atoms with van der Waals surface area (Å²) in [5.41, 5.74) is -0.0592. The summed E-state index contributed by atoms with van der Waals surface area (Å²) in [5, 5.41) is 0. The Morgan fingerprint density at radius 1 is 1.10 bits per heavy atom. The predicted molar refractivity (Wildman–Crippen MR) is 69.5 cm³/mol. The van der Waals surface area contributed by atoms with Gasteiger partial charge in [0.1, 0.15) is 11.5 Å². The average Bonchev–Trinajstić information content (AvgIpc) is 2.43. The van der Waals surface area contributed by atoms with Crippen LogP contribution in [0.2, 0.25) is 0 Å². The molecule has 112 valence electrons. The van der Waals surface area contributed by atoms with Crippen molar-refractivity contribution >= 4 is 5.78 Å². The summed E-state index contributed by atoms with van der Waals surface area (Å²) in [6.45, 7) is 0. The summed E-state index contributed by atoms with van der Waals surface area (Å²) in [5.74, 6) is 1.20. The molecule has 1 aromatic rings. The van der Waals surface area contributed by atoms with Crippen LogP contribution >= 0.6 is 0 Å². The Labute approximate surface area is 120 Å². The Hall–Kier alpha value is -1.39. The van der Waals surface area contributed by atoms with Crippen LogP contribution in [0.3, 0.4) is 0 Å². The second-order valence-corrected chi connectivity index (χ2v) is 6.96. The first-order valence-electron chi connectivity index (χ1n) is 7.45. The van der Waals surface area contributed by atoms with Crippen molar-refractivity contribution in [2.45, 2.75) is 43.7 Å². The molecule has 2 nitrogen and oxygen atoms in total. The van der Waals surface area contributed by atoms with E-state index in [-0.39, 0.29) is 17.3 Å². The molecule has 1 heterocycles. The SMILES string of the molecule is O=C1C2CC3CC1CC(c1ccc(C(F)(F)F)nc1)(C3)C2. The molecule has 1 aromatic heterocycles. The first-order chi connectivity index (χ1) is 9.87. The predicted octanol–water partition coefficient (Wildman–Crippen LogP) is 3.75. The summed E-state index contributed by atoms with van der Waals surface area (Å²) in [7, 11) is 0. The lowest BCUT2D eigenvalue weighted by Gasteiger charge is -2.55. The number of hydrogen-bond acceptors (Lipinski definition) is 2. The molecule has 2 unspecified atom stereocenters. The van der Waals surface area contributed by atoms with Gasteiger partial charge in [0.2, 0.25) is 0 Å². The molecular formula is C16H16F3NO. The molecule has 0 saturated heterocycles. The third-order valence-electron chi connectivity index (χ3n) is 5.66. The summed E-state index contributed by atoms with van der Waals surface area (Å²) in [4.78, 5) is 15.8. The van der Waals surface area contributed by atoms with E-state index in [2.05, 4.69) is 4.98 Å². The van der Waals surface area contributed by atoms with Gasteiger partial charge in [0.15, 0.2) is 0 Å². The quantitative estimate of drug-likeness (QED) is 0.790. The molecule has 5 heteroatoms. The van der Waals surface area contributed by atoms with Crippen molar-refractivity contribution < 1.29 is 18.0 Å². The van der Waals surface area contributed by atoms with Crippen LogP contribution < -0.4 is 0 Å². The van der Waals surface area contributed by atoms with Crippen LogP contribution in [0.4, 0.5) is 13.2 Å². The number of rotatable bonds is 1. The highest BCUT2D eigenvalue weighted by molar-refractivity contribution is 5.86. The lowest BCUT2D eigenvalue weighted by Crippen LogP contribution is -2.53. The van der Waals surface area contributed by atoms with Gasteiger partial charge in [-0.3, -0.25) is 9.78 Å². The van der Waals surface area contributed by atoms with E-state index in [4.69, 9.17) is 0 Å². The fourth-order valence-corrected chi connectivity index (χ4v) is 4.98. The molecule has 0 aliphatic heterocycles. The minimum atomic E-state index is -4.39. The van der Waals surface area contributed by atoms with Crippen molar-refractivity contribution in [3.63, 3.8) is 0 Å². The summed E-state index contributed by atoms with van der Waals surface area (Å²) in [6, 6.07) is 2.66. The topological polar surface area (TPSA) is 30.0 Å². The van der Waals surface area contributed by atoms with E-state index in [0.29, 0.717) is 11.7 Å². The third-order valence-corrected chi connectivity index (χ3v) is 5.66. The van der Waals surface area contributed by atoms with Crippen LogP contribution in [0.5, 0.6) is 0 Å². The van der Waals surface area contributed by atoms with Gasteiger partial charge in [0.05, 0.1) is 0 Å². The van der Waals surface area contributed by atoms with Crippen LogP contribution in [0, 0.1) is 17.8 Å². The first kappa shape index (κ1) is 13.3.